The molecule has 0 radical (unpaired) electrons. The van der Waals surface area contributed by atoms with Gasteiger partial charge < -0.3 is 14.6 Å². The standard InChI is InChI=1S/C15H14ClFO3/c1-19-11-4-2-3-10(7-11)15(18)9-20-12-5-6-14(17)13(16)8-12/h2-8,15,18H,9H2,1H3. The van der Waals surface area contributed by atoms with Crippen LogP contribution in [0.25, 0.3) is 0 Å². The zero-order valence-electron chi connectivity index (χ0n) is 10.8. The average Bonchev–Trinajstić information content (AvgIpc) is 2.48. The molecule has 0 fully saturated rings. The van der Waals surface area contributed by atoms with Gasteiger partial charge in [-0.2, -0.15) is 0 Å². The Morgan fingerprint density at radius 2 is 2.00 bits per heavy atom. The van der Waals surface area contributed by atoms with Crippen LogP contribution in [0, 0.1) is 5.82 Å². The molecule has 0 aliphatic carbocycles. The number of ether oxygens (including phenoxy) is 2. The molecule has 2 aromatic rings. The van der Waals surface area contributed by atoms with E-state index in [1.54, 1.807) is 31.4 Å². The number of hydrogen-bond donors (Lipinski definition) is 1. The van der Waals surface area contributed by atoms with Crippen molar-refractivity contribution < 1.29 is 19.0 Å². The molecule has 5 heteroatoms. The van der Waals surface area contributed by atoms with E-state index in [1.165, 1.54) is 18.2 Å². The van der Waals surface area contributed by atoms with Crippen LogP contribution < -0.4 is 9.47 Å². The normalized spacial score (nSPS) is 12.0. The maximum Gasteiger partial charge on any atom is 0.142 e. The van der Waals surface area contributed by atoms with Crippen LogP contribution in [0.5, 0.6) is 11.5 Å². The van der Waals surface area contributed by atoms with E-state index in [4.69, 9.17) is 21.1 Å². The summed E-state index contributed by atoms with van der Waals surface area (Å²) < 4.78 is 23.5. The fourth-order valence-corrected chi connectivity index (χ4v) is 1.86. The van der Waals surface area contributed by atoms with Crippen molar-refractivity contribution >= 4 is 11.6 Å². The summed E-state index contributed by atoms with van der Waals surface area (Å²) in [5.74, 6) is 0.553. The molecule has 20 heavy (non-hydrogen) atoms. The third kappa shape index (κ3) is 3.62. The lowest BCUT2D eigenvalue weighted by molar-refractivity contribution is 0.108. The van der Waals surface area contributed by atoms with Gasteiger partial charge in [0.05, 0.1) is 12.1 Å². The van der Waals surface area contributed by atoms with E-state index < -0.39 is 11.9 Å². The van der Waals surface area contributed by atoms with Crippen molar-refractivity contribution in [3.05, 3.63) is 58.9 Å². The summed E-state index contributed by atoms with van der Waals surface area (Å²) in [6.45, 7) is 0.0368. The molecule has 0 aliphatic heterocycles. The summed E-state index contributed by atoms with van der Waals surface area (Å²) in [5.41, 5.74) is 0.678. The predicted octanol–water partition coefficient (Wildman–Crippen LogP) is 3.60. The van der Waals surface area contributed by atoms with E-state index in [-0.39, 0.29) is 11.6 Å². The molecule has 0 heterocycles. The quantitative estimate of drug-likeness (QED) is 0.916. The van der Waals surface area contributed by atoms with Gasteiger partial charge in [-0.25, -0.2) is 4.39 Å². The Bertz CT molecular complexity index is 589. The highest BCUT2D eigenvalue weighted by molar-refractivity contribution is 6.30. The van der Waals surface area contributed by atoms with E-state index in [0.717, 1.165) is 0 Å². The number of halogens is 2. The highest BCUT2D eigenvalue weighted by Gasteiger charge is 2.10. The minimum Gasteiger partial charge on any atom is -0.497 e. The number of methoxy groups -OCH3 is 1. The first-order chi connectivity index (χ1) is 9.60. The maximum absolute atomic E-state index is 13.0. The second-order valence-electron chi connectivity index (χ2n) is 4.18. The molecule has 0 bridgehead atoms. The van der Waals surface area contributed by atoms with Crippen LogP contribution in [0.4, 0.5) is 4.39 Å². The highest BCUT2D eigenvalue weighted by Crippen LogP contribution is 2.23. The third-order valence-electron chi connectivity index (χ3n) is 2.78. The van der Waals surface area contributed by atoms with Gasteiger partial charge >= 0.3 is 0 Å². The Labute approximate surface area is 121 Å². The Morgan fingerprint density at radius 3 is 2.70 bits per heavy atom. The van der Waals surface area contributed by atoms with E-state index in [1.807, 2.05) is 0 Å². The minimum absolute atomic E-state index is 0.0154. The van der Waals surface area contributed by atoms with Crippen LogP contribution in [-0.2, 0) is 0 Å². The highest BCUT2D eigenvalue weighted by atomic mass is 35.5. The maximum atomic E-state index is 13.0. The molecule has 106 valence electrons. The van der Waals surface area contributed by atoms with Crippen molar-refractivity contribution in [3.8, 4) is 11.5 Å². The van der Waals surface area contributed by atoms with Crippen molar-refractivity contribution in [2.75, 3.05) is 13.7 Å². The second kappa shape index (κ2) is 6.59. The average molecular weight is 297 g/mol. The van der Waals surface area contributed by atoms with Crippen molar-refractivity contribution in [2.45, 2.75) is 6.10 Å². The van der Waals surface area contributed by atoms with Gasteiger partial charge in [0, 0.05) is 6.07 Å². The van der Waals surface area contributed by atoms with Gasteiger partial charge in [-0.05, 0) is 29.8 Å². The largest absolute Gasteiger partial charge is 0.497 e. The van der Waals surface area contributed by atoms with Crippen molar-refractivity contribution in [2.24, 2.45) is 0 Å². The van der Waals surface area contributed by atoms with E-state index >= 15 is 0 Å². The molecule has 0 saturated carbocycles. The second-order valence-corrected chi connectivity index (χ2v) is 4.59. The number of hydrogen-bond acceptors (Lipinski definition) is 3. The predicted molar refractivity (Wildman–Crippen MR) is 74.9 cm³/mol. The molecule has 2 rings (SSSR count). The van der Waals surface area contributed by atoms with Crippen LogP contribution in [-0.4, -0.2) is 18.8 Å². The molecule has 1 unspecified atom stereocenters. The monoisotopic (exact) mass is 296 g/mol. The van der Waals surface area contributed by atoms with Crippen molar-refractivity contribution in [3.63, 3.8) is 0 Å². The Morgan fingerprint density at radius 1 is 1.20 bits per heavy atom. The molecule has 3 nitrogen and oxygen atoms in total. The van der Waals surface area contributed by atoms with E-state index in [9.17, 15) is 9.50 Å². The summed E-state index contributed by atoms with van der Waals surface area (Å²) in [6.07, 6.45) is -0.811. The van der Waals surface area contributed by atoms with Crippen LogP contribution in [0.1, 0.15) is 11.7 Å². The lowest BCUT2D eigenvalue weighted by atomic mass is 10.1. The molecule has 0 aliphatic rings. The molecular formula is C15H14ClFO3. The molecule has 0 spiro atoms. The van der Waals surface area contributed by atoms with Crippen LogP contribution in [0.3, 0.4) is 0 Å². The fourth-order valence-electron chi connectivity index (χ4n) is 1.69. The molecule has 1 N–H and O–H groups in total. The molecule has 0 amide bonds. The summed E-state index contributed by atoms with van der Waals surface area (Å²) in [5, 5.41) is 10.0. The molecule has 2 aromatic carbocycles. The van der Waals surface area contributed by atoms with Crippen LogP contribution >= 0.6 is 11.6 Å². The first-order valence-electron chi connectivity index (χ1n) is 6.00. The Kier molecular flexibility index (Phi) is 4.82. The van der Waals surface area contributed by atoms with Crippen LogP contribution in [0.2, 0.25) is 5.02 Å². The molecule has 0 saturated heterocycles. The zero-order valence-corrected chi connectivity index (χ0v) is 11.6. The first kappa shape index (κ1) is 14.6. The van der Waals surface area contributed by atoms with Gasteiger partial charge in [0.2, 0.25) is 0 Å². The van der Waals surface area contributed by atoms with Gasteiger partial charge in [0.1, 0.15) is 30.0 Å². The Balaban J connectivity index is 2.00. The number of benzene rings is 2. The van der Waals surface area contributed by atoms with Crippen LogP contribution in [0.15, 0.2) is 42.5 Å². The molecular weight excluding hydrogens is 283 g/mol. The summed E-state index contributed by atoms with van der Waals surface area (Å²) in [6, 6.07) is 11.1. The minimum atomic E-state index is -0.811. The molecule has 1 atom stereocenters. The smallest absolute Gasteiger partial charge is 0.142 e. The van der Waals surface area contributed by atoms with Gasteiger partial charge in [0.15, 0.2) is 0 Å². The van der Waals surface area contributed by atoms with Crippen molar-refractivity contribution in [1.29, 1.82) is 0 Å². The van der Waals surface area contributed by atoms with Gasteiger partial charge in [-0.15, -0.1) is 0 Å². The number of aliphatic hydroxyl groups excluding tert-OH is 1. The SMILES string of the molecule is COc1cccc(C(O)COc2ccc(F)c(Cl)c2)c1. The number of aliphatic hydroxyl groups is 1. The Hall–Kier alpha value is -1.78. The fraction of sp³-hybridized carbons (Fsp3) is 0.200. The van der Waals surface area contributed by atoms with Gasteiger partial charge in [0.25, 0.3) is 0 Å². The van der Waals surface area contributed by atoms with Gasteiger partial charge in [-0.3, -0.25) is 0 Å². The topological polar surface area (TPSA) is 38.7 Å². The molecule has 0 aromatic heterocycles. The van der Waals surface area contributed by atoms with Gasteiger partial charge in [-0.1, -0.05) is 23.7 Å². The third-order valence-corrected chi connectivity index (χ3v) is 3.07. The van der Waals surface area contributed by atoms with Crippen molar-refractivity contribution in [1.82, 2.24) is 0 Å². The zero-order chi connectivity index (χ0) is 14.5. The van der Waals surface area contributed by atoms with E-state index in [2.05, 4.69) is 0 Å². The summed E-state index contributed by atoms with van der Waals surface area (Å²) in [7, 11) is 1.56. The number of rotatable bonds is 5. The lowest BCUT2D eigenvalue weighted by Crippen LogP contribution is -2.09. The first-order valence-corrected chi connectivity index (χ1v) is 6.38. The van der Waals surface area contributed by atoms with E-state index in [0.29, 0.717) is 17.1 Å². The summed E-state index contributed by atoms with van der Waals surface area (Å²) in [4.78, 5) is 0. The lowest BCUT2D eigenvalue weighted by Gasteiger charge is -2.13. The summed E-state index contributed by atoms with van der Waals surface area (Å²) >= 11 is 5.65.